The lowest BCUT2D eigenvalue weighted by atomic mass is 10.0. The fourth-order valence-corrected chi connectivity index (χ4v) is 2.53. The fraction of sp³-hybridized carbons (Fsp3) is 0.400. The average molecular weight is 305 g/mol. The van der Waals surface area contributed by atoms with Crippen molar-refractivity contribution < 1.29 is 9.59 Å². The molecule has 1 aromatic rings. The maximum absolute atomic E-state index is 12.2. The summed E-state index contributed by atoms with van der Waals surface area (Å²) in [6, 6.07) is 4.83. The number of aryl methyl sites for hydroxylation is 1. The molecule has 0 saturated carbocycles. The number of nitrogens with zero attached hydrogens (tertiary/aromatic N) is 1. The van der Waals surface area contributed by atoms with Crippen molar-refractivity contribution in [1.29, 1.82) is 0 Å². The molecular weight excluding hydrogens is 286 g/mol. The highest BCUT2D eigenvalue weighted by molar-refractivity contribution is 7.80. The fourth-order valence-electron chi connectivity index (χ4n) is 2.41. The minimum Gasteiger partial charge on any atom is -0.389 e. The lowest BCUT2D eigenvalue weighted by Crippen LogP contribution is -2.31. The summed E-state index contributed by atoms with van der Waals surface area (Å²) in [5, 5.41) is 2.72. The maximum atomic E-state index is 12.2. The van der Waals surface area contributed by atoms with Gasteiger partial charge in [-0.1, -0.05) is 37.7 Å². The van der Waals surface area contributed by atoms with Crippen LogP contribution in [0.15, 0.2) is 18.2 Å². The van der Waals surface area contributed by atoms with Crippen LogP contribution in [-0.4, -0.2) is 27.9 Å². The van der Waals surface area contributed by atoms with Gasteiger partial charge in [-0.05, 0) is 30.5 Å². The van der Waals surface area contributed by atoms with Crippen LogP contribution in [-0.2, 0) is 11.3 Å². The van der Waals surface area contributed by atoms with Gasteiger partial charge in [-0.25, -0.2) is 4.79 Å². The van der Waals surface area contributed by atoms with Gasteiger partial charge in [-0.2, -0.15) is 0 Å². The van der Waals surface area contributed by atoms with Gasteiger partial charge in [0.1, 0.15) is 11.0 Å². The molecule has 2 rings (SSSR count). The van der Waals surface area contributed by atoms with Gasteiger partial charge in [0.25, 0.3) is 5.91 Å². The van der Waals surface area contributed by atoms with E-state index >= 15 is 0 Å². The number of imide groups is 1. The predicted octanol–water partition coefficient (Wildman–Crippen LogP) is 1.85. The van der Waals surface area contributed by atoms with Crippen molar-refractivity contribution in [1.82, 2.24) is 10.2 Å². The number of benzene rings is 1. The summed E-state index contributed by atoms with van der Waals surface area (Å²) >= 11 is 4.94. The summed E-state index contributed by atoms with van der Waals surface area (Å²) in [7, 11) is 0. The Balaban J connectivity index is 2.16. The zero-order chi connectivity index (χ0) is 15.6. The number of thiocarbonyl (C=S) groups is 1. The van der Waals surface area contributed by atoms with Crippen LogP contribution in [0.25, 0.3) is 0 Å². The second-order valence-electron chi connectivity index (χ2n) is 5.22. The summed E-state index contributed by atoms with van der Waals surface area (Å²) in [4.78, 5) is 25.7. The van der Waals surface area contributed by atoms with Gasteiger partial charge >= 0.3 is 6.03 Å². The molecule has 3 amide bonds. The number of amides is 3. The van der Waals surface area contributed by atoms with Crippen LogP contribution in [0.1, 0.15) is 36.5 Å². The van der Waals surface area contributed by atoms with Crippen LogP contribution in [0.4, 0.5) is 4.79 Å². The van der Waals surface area contributed by atoms with Gasteiger partial charge in [0.15, 0.2) is 0 Å². The molecule has 1 unspecified atom stereocenters. The van der Waals surface area contributed by atoms with Crippen LogP contribution in [0.5, 0.6) is 0 Å². The Hall–Kier alpha value is -1.95. The van der Waals surface area contributed by atoms with Gasteiger partial charge in [0.05, 0.1) is 6.54 Å². The van der Waals surface area contributed by atoms with E-state index in [4.69, 9.17) is 18.0 Å². The molecule has 3 N–H and O–H groups in total. The molecule has 1 saturated heterocycles. The first-order valence-electron chi connectivity index (χ1n) is 6.95. The Bertz CT molecular complexity index is 601. The van der Waals surface area contributed by atoms with E-state index in [0.717, 1.165) is 23.1 Å². The van der Waals surface area contributed by atoms with Crippen molar-refractivity contribution in [2.75, 3.05) is 0 Å². The molecule has 0 aliphatic carbocycles. The number of hydrogen-bond donors (Lipinski definition) is 2. The zero-order valence-corrected chi connectivity index (χ0v) is 13.0. The van der Waals surface area contributed by atoms with E-state index in [0.29, 0.717) is 11.4 Å². The smallest absolute Gasteiger partial charge is 0.325 e. The van der Waals surface area contributed by atoms with Gasteiger partial charge < -0.3 is 11.1 Å². The molecule has 112 valence electrons. The zero-order valence-electron chi connectivity index (χ0n) is 12.2. The number of carbonyl (C=O) groups is 2. The maximum Gasteiger partial charge on any atom is 0.325 e. The summed E-state index contributed by atoms with van der Waals surface area (Å²) < 4.78 is 0. The number of hydrogen-bond acceptors (Lipinski definition) is 3. The standard InChI is InChI=1S/C15H19N3O2S/c1-3-4-12-14(19)18(15(20)17-12)8-11-6-5-10(13(16)21)7-9(11)2/h5-7,12H,3-4,8H2,1-2H3,(H2,16,21)(H,17,20). The van der Waals surface area contributed by atoms with Crippen LogP contribution in [0.2, 0.25) is 0 Å². The van der Waals surface area contributed by atoms with Gasteiger partial charge in [-0.15, -0.1) is 0 Å². The van der Waals surface area contributed by atoms with Gasteiger partial charge in [-0.3, -0.25) is 9.69 Å². The molecule has 1 atom stereocenters. The third-order valence-corrected chi connectivity index (χ3v) is 3.88. The molecule has 1 aromatic carbocycles. The molecule has 0 spiro atoms. The monoisotopic (exact) mass is 305 g/mol. The second-order valence-corrected chi connectivity index (χ2v) is 5.66. The summed E-state index contributed by atoms with van der Waals surface area (Å²) in [6.45, 7) is 4.17. The molecule has 1 aliphatic heterocycles. The van der Waals surface area contributed by atoms with E-state index < -0.39 is 6.04 Å². The van der Waals surface area contributed by atoms with Crippen molar-refractivity contribution in [2.45, 2.75) is 39.3 Å². The number of urea groups is 1. The molecule has 21 heavy (non-hydrogen) atoms. The van der Waals surface area contributed by atoms with Crippen molar-refractivity contribution >= 4 is 29.1 Å². The van der Waals surface area contributed by atoms with E-state index in [-0.39, 0.29) is 18.5 Å². The lowest BCUT2D eigenvalue weighted by molar-refractivity contribution is -0.128. The summed E-state index contributed by atoms with van der Waals surface area (Å²) in [6.07, 6.45) is 1.52. The molecule has 0 radical (unpaired) electrons. The van der Waals surface area contributed by atoms with Crippen molar-refractivity contribution in [3.05, 3.63) is 34.9 Å². The molecule has 0 aromatic heterocycles. The number of nitrogens with one attached hydrogen (secondary N) is 1. The highest BCUT2D eigenvalue weighted by atomic mass is 32.1. The van der Waals surface area contributed by atoms with E-state index in [1.165, 1.54) is 4.90 Å². The lowest BCUT2D eigenvalue weighted by Gasteiger charge is -2.15. The van der Waals surface area contributed by atoms with Crippen molar-refractivity contribution in [3.8, 4) is 0 Å². The Morgan fingerprint density at radius 1 is 1.43 bits per heavy atom. The first kappa shape index (κ1) is 15.4. The Kier molecular flexibility index (Phi) is 4.57. The highest BCUT2D eigenvalue weighted by Gasteiger charge is 2.37. The number of carbonyl (C=O) groups excluding carboxylic acids is 2. The average Bonchev–Trinajstić information content (AvgIpc) is 2.68. The summed E-state index contributed by atoms with van der Waals surface area (Å²) in [5.41, 5.74) is 8.25. The molecule has 1 heterocycles. The molecule has 1 aliphatic rings. The number of nitrogens with two attached hydrogens (primary N) is 1. The van der Waals surface area contributed by atoms with Crippen LogP contribution >= 0.6 is 12.2 Å². The van der Waals surface area contributed by atoms with Crippen molar-refractivity contribution in [3.63, 3.8) is 0 Å². The predicted molar refractivity (Wildman–Crippen MR) is 84.8 cm³/mol. The quantitative estimate of drug-likeness (QED) is 0.643. The molecule has 5 nitrogen and oxygen atoms in total. The molecule has 1 fully saturated rings. The SMILES string of the molecule is CCCC1NC(=O)N(Cc2ccc(C(N)=S)cc2C)C1=O. The molecule has 6 heteroatoms. The Morgan fingerprint density at radius 3 is 2.71 bits per heavy atom. The Morgan fingerprint density at radius 2 is 2.14 bits per heavy atom. The minimum atomic E-state index is -0.390. The molecule has 0 bridgehead atoms. The van der Waals surface area contributed by atoms with Crippen LogP contribution in [0, 0.1) is 6.92 Å². The number of rotatable bonds is 5. The largest absolute Gasteiger partial charge is 0.389 e. The van der Waals surface area contributed by atoms with E-state index in [1.54, 1.807) is 0 Å². The summed E-state index contributed by atoms with van der Waals surface area (Å²) in [5.74, 6) is -0.153. The third-order valence-electron chi connectivity index (χ3n) is 3.64. The topological polar surface area (TPSA) is 75.4 Å². The second kappa shape index (κ2) is 6.22. The van der Waals surface area contributed by atoms with Crippen LogP contribution < -0.4 is 11.1 Å². The van der Waals surface area contributed by atoms with Gasteiger partial charge in [0, 0.05) is 5.56 Å². The molecular formula is C15H19N3O2S. The minimum absolute atomic E-state index is 0.153. The normalized spacial score (nSPS) is 18.0. The van der Waals surface area contributed by atoms with Gasteiger partial charge in [0.2, 0.25) is 0 Å². The van der Waals surface area contributed by atoms with Crippen LogP contribution in [0.3, 0.4) is 0 Å². The van der Waals surface area contributed by atoms with E-state index in [1.807, 2.05) is 32.0 Å². The van der Waals surface area contributed by atoms with Crippen molar-refractivity contribution in [2.24, 2.45) is 5.73 Å². The third kappa shape index (κ3) is 3.21. The Labute approximate surface area is 129 Å². The first-order valence-corrected chi connectivity index (χ1v) is 7.36. The first-order chi connectivity index (χ1) is 9.93. The van der Waals surface area contributed by atoms with E-state index in [2.05, 4.69) is 5.32 Å². The highest BCUT2D eigenvalue weighted by Crippen LogP contribution is 2.18. The van der Waals surface area contributed by atoms with E-state index in [9.17, 15) is 9.59 Å².